The smallest absolute Gasteiger partial charge is 0.356 e. The van der Waals surface area contributed by atoms with Crippen molar-refractivity contribution in [2.75, 3.05) is 24.6 Å². The number of piperidine rings is 1. The number of benzene rings is 1. The van der Waals surface area contributed by atoms with Crippen molar-refractivity contribution < 1.29 is 19.7 Å². The Balaban J connectivity index is 1.58. The molecule has 1 unspecified atom stereocenters. The van der Waals surface area contributed by atoms with Crippen LogP contribution in [0.4, 0.5) is 5.82 Å². The third-order valence-corrected chi connectivity index (χ3v) is 4.71. The minimum absolute atomic E-state index is 0.0606. The largest absolute Gasteiger partial charge is 0.494 e. The van der Waals surface area contributed by atoms with E-state index in [1.165, 1.54) is 6.07 Å². The van der Waals surface area contributed by atoms with Crippen LogP contribution < -0.4 is 9.64 Å². The molecule has 1 aromatic carbocycles. The summed E-state index contributed by atoms with van der Waals surface area (Å²) in [5.74, 6) is 0.572. The number of aromatic nitrogens is 2. The number of aliphatic hydroxyl groups excluding tert-OH is 1. The summed E-state index contributed by atoms with van der Waals surface area (Å²) in [6, 6.07) is 10.7. The molecule has 1 aliphatic heterocycles. The summed E-state index contributed by atoms with van der Waals surface area (Å²) in [6.07, 6.45) is 1.15. The summed E-state index contributed by atoms with van der Waals surface area (Å²) >= 11 is 0. The van der Waals surface area contributed by atoms with E-state index in [4.69, 9.17) is 9.84 Å². The molecule has 0 amide bonds. The Morgan fingerprint density at radius 1 is 1.19 bits per heavy atom. The number of carboxylic acids is 1. The molecule has 0 saturated carbocycles. The van der Waals surface area contributed by atoms with Crippen LogP contribution in [0, 0.1) is 5.92 Å². The first kappa shape index (κ1) is 18.1. The van der Waals surface area contributed by atoms with E-state index in [2.05, 4.69) is 15.1 Å². The summed E-state index contributed by atoms with van der Waals surface area (Å²) in [4.78, 5) is 12.9. The highest BCUT2D eigenvalue weighted by molar-refractivity contribution is 5.85. The maximum Gasteiger partial charge on any atom is 0.356 e. The number of nitrogens with zero attached hydrogens (tertiary/aromatic N) is 3. The molecule has 26 heavy (non-hydrogen) atoms. The molecule has 2 aromatic rings. The van der Waals surface area contributed by atoms with Gasteiger partial charge in [0.25, 0.3) is 0 Å². The molecule has 7 heteroatoms. The van der Waals surface area contributed by atoms with Crippen LogP contribution >= 0.6 is 0 Å². The highest BCUT2D eigenvalue weighted by Gasteiger charge is 2.27. The van der Waals surface area contributed by atoms with Gasteiger partial charge in [-0.15, -0.1) is 10.2 Å². The molecule has 1 aromatic heterocycles. The average molecular weight is 357 g/mol. The van der Waals surface area contributed by atoms with Crippen LogP contribution in [0.2, 0.25) is 0 Å². The zero-order valence-electron chi connectivity index (χ0n) is 14.7. The van der Waals surface area contributed by atoms with Gasteiger partial charge in [0.1, 0.15) is 5.75 Å². The maximum absolute atomic E-state index is 10.8. The number of hydrogen-bond donors (Lipinski definition) is 2. The Bertz CT molecular complexity index is 725. The Morgan fingerprint density at radius 2 is 1.88 bits per heavy atom. The van der Waals surface area contributed by atoms with Crippen LogP contribution in [0.15, 0.2) is 36.4 Å². The molecule has 1 saturated heterocycles. The zero-order valence-corrected chi connectivity index (χ0v) is 14.7. The first-order valence-corrected chi connectivity index (χ1v) is 8.81. The molecule has 2 N–H and O–H groups in total. The van der Waals surface area contributed by atoms with Crippen LogP contribution in [-0.4, -0.2) is 46.1 Å². The fourth-order valence-corrected chi connectivity index (χ4v) is 3.25. The standard InChI is InChI=1S/C19H23N3O4/c1-2-26-15-5-3-13(4-6-15)18(23)14-9-11-22(12-10-14)17-8-7-16(19(24)25)20-21-17/h3-8,14,18,23H,2,9-12H2,1H3,(H,24,25). The van der Waals surface area contributed by atoms with Crippen molar-refractivity contribution in [3.63, 3.8) is 0 Å². The number of carbonyl (C=O) groups is 1. The normalized spacial score (nSPS) is 16.3. The minimum Gasteiger partial charge on any atom is -0.494 e. The van der Waals surface area contributed by atoms with Crippen LogP contribution in [0.1, 0.15) is 41.9 Å². The molecule has 2 heterocycles. The van der Waals surface area contributed by atoms with Gasteiger partial charge in [0.15, 0.2) is 11.5 Å². The molecule has 1 aliphatic rings. The molecule has 0 radical (unpaired) electrons. The van der Waals surface area contributed by atoms with Gasteiger partial charge in [-0.3, -0.25) is 0 Å². The van der Waals surface area contributed by atoms with Gasteiger partial charge in [-0.1, -0.05) is 12.1 Å². The third kappa shape index (κ3) is 4.11. The monoisotopic (exact) mass is 357 g/mol. The topological polar surface area (TPSA) is 95.8 Å². The molecule has 0 aliphatic carbocycles. The number of hydrogen-bond acceptors (Lipinski definition) is 6. The molecule has 138 valence electrons. The van der Waals surface area contributed by atoms with Gasteiger partial charge in [0, 0.05) is 13.1 Å². The lowest BCUT2D eigenvalue weighted by Gasteiger charge is -2.34. The van der Waals surface area contributed by atoms with Crippen LogP contribution in [0.5, 0.6) is 5.75 Å². The minimum atomic E-state index is -1.08. The molecule has 7 nitrogen and oxygen atoms in total. The lowest BCUT2D eigenvalue weighted by molar-refractivity contribution is 0.0689. The first-order chi connectivity index (χ1) is 12.6. The molecular weight excluding hydrogens is 334 g/mol. The second kappa shape index (κ2) is 8.14. The van der Waals surface area contributed by atoms with Crippen molar-refractivity contribution in [1.29, 1.82) is 0 Å². The molecule has 1 atom stereocenters. The fraction of sp³-hybridized carbons (Fsp3) is 0.421. The van der Waals surface area contributed by atoms with Gasteiger partial charge in [-0.25, -0.2) is 4.79 Å². The summed E-state index contributed by atoms with van der Waals surface area (Å²) < 4.78 is 5.43. The van der Waals surface area contributed by atoms with Crippen molar-refractivity contribution in [2.45, 2.75) is 25.9 Å². The number of aliphatic hydroxyl groups is 1. The Morgan fingerprint density at radius 3 is 2.42 bits per heavy atom. The predicted molar refractivity (Wildman–Crippen MR) is 96.5 cm³/mol. The molecule has 0 bridgehead atoms. The van der Waals surface area contributed by atoms with E-state index < -0.39 is 12.1 Å². The lowest BCUT2D eigenvalue weighted by atomic mass is 9.87. The summed E-state index contributed by atoms with van der Waals surface area (Å²) in [6.45, 7) is 4.06. The number of ether oxygens (including phenoxy) is 1. The van der Waals surface area contributed by atoms with Gasteiger partial charge in [0.05, 0.1) is 12.7 Å². The zero-order chi connectivity index (χ0) is 18.5. The van der Waals surface area contributed by atoms with Crippen molar-refractivity contribution >= 4 is 11.8 Å². The third-order valence-electron chi connectivity index (χ3n) is 4.71. The van der Waals surface area contributed by atoms with Crippen molar-refractivity contribution in [3.8, 4) is 5.75 Å². The van der Waals surface area contributed by atoms with E-state index in [0.717, 1.165) is 37.2 Å². The molecular formula is C19H23N3O4. The number of anilines is 1. The number of carboxylic acid groups (broad SMARTS) is 1. The average Bonchev–Trinajstić information content (AvgIpc) is 2.68. The summed E-state index contributed by atoms with van der Waals surface area (Å²) in [5, 5.41) is 27.3. The van der Waals surface area contributed by atoms with E-state index in [1.807, 2.05) is 31.2 Å². The molecule has 1 fully saturated rings. The van der Waals surface area contributed by atoms with Gasteiger partial charge >= 0.3 is 5.97 Å². The van der Waals surface area contributed by atoms with E-state index in [-0.39, 0.29) is 11.6 Å². The summed E-state index contributed by atoms with van der Waals surface area (Å²) in [5.41, 5.74) is 0.840. The first-order valence-electron chi connectivity index (χ1n) is 8.81. The van der Waals surface area contributed by atoms with E-state index in [9.17, 15) is 9.90 Å². The number of rotatable bonds is 6. The van der Waals surface area contributed by atoms with Gasteiger partial charge < -0.3 is 19.8 Å². The van der Waals surface area contributed by atoms with Gasteiger partial charge in [-0.05, 0) is 55.5 Å². The predicted octanol–water partition coefficient (Wildman–Crippen LogP) is 2.52. The fourth-order valence-electron chi connectivity index (χ4n) is 3.25. The Kier molecular flexibility index (Phi) is 5.68. The maximum atomic E-state index is 10.8. The second-order valence-corrected chi connectivity index (χ2v) is 6.35. The molecule has 3 rings (SSSR count). The molecule has 0 spiro atoms. The van der Waals surface area contributed by atoms with Gasteiger partial charge in [-0.2, -0.15) is 0 Å². The van der Waals surface area contributed by atoms with Crippen LogP contribution in [-0.2, 0) is 0 Å². The second-order valence-electron chi connectivity index (χ2n) is 6.35. The Hall–Kier alpha value is -2.67. The van der Waals surface area contributed by atoms with Crippen molar-refractivity contribution in [3.05, 3.63) is 47.7 Å². The van der Waals surface area contributed by atoms with E-state index in [1.54, 1.807) is 6.07 Å². The quantitative estimate of drug-likeness (QED) is 0.820. The van der Waals surface area contributed by atoms with E-state index in [0.29, 0.717) is 12.4 Å². The SMILES string of the molecule is CCOc1ccc(C(O)C2CCN(c3ccc(C(=O)O)nn3)CC2)cc1. The lowest BCUT2D eigenvalue weighted by Crippen LogP contribution is -2.36. The van der Waals surface area contributed by atoms with E-state index >= 15 is 0 Å². The van der Waals surface area contributed by atoms with Gasteiger partial charge in [0.2, 0.25) is 0 Å². The van der Waals surface area contributed by atoms with Crippen molar-refractivity contribution in [1.82, 2.24) is 10.2 Å². The van der Waals surface area contributed by atoms with Crippen LogP contribution in [0.3, 0.4) is 0 Å². The highest BCUT2D eigenvalue weighted by atomic mass is 16.5. The van der Waals surface area contributed by atoms with Crippen LogP contribution in [0.25, 0.3) is 0 Å². The highest BCUT2D eigenvalue weighted by Crippen LogP contribution is 2.32. The van der Waals surface area contributed by atoms with Crippen molar-refractivity contribution in [2.24, 2.45) is 5.92 Å². The Labute approximate surface area is 152 Å². The number of aromatic carboxylic acids is 1. The summed E-state index contributed by atoms with van der Waals surface area (Å²) in [7, 11) is 0.